The lowest BCUT2D eigenvalue weighted by Crippen LogP contribution is -2.19. The maximum absolute atomic E-state index is 5.48. The number of aryl methyl sites for hydroxylation is 2. The van der Waals surface area contributed by atoms with Crippen molar-refractivity contribution >= 4 is 0 Å². The molecule has 0 aromatic carbocycles. The maximum Gasteiger partial charge on any atom is 0.154 e. The second kappa shape index (κ2) is 7.38. The van der Waals surface area contributed by atoms with Gasteiger partial charge >= 0.3 is 0 Å². The first kappa shape index (κ1) is 15.7. The second-order valence-corrected chi connectivity index (χ2v) is 6.83. The minimum atomic E-state index is 0.440. The third-order valence-electron chi connectivity index (χ3n) is 5.18. The third-order valence-corrected chi connectivity index (χ3v) is 5.18. The summed E-state index contributed by atoms with van der Waals surface area (Å²) in [6.07, 6.45) is 10.9. The van der Waals surface area contributed by atoms with E-state index in [0.717, 1.165) is 50.7 Å². The Bertz CT molecular complexity index is 627. The van der Waals surface area contributed by atoms with Gasteiger partial charge in [-0.15, -0.1) is 5.10 Å². The van der Waals surface area contributed by atoms with Crippen molar-refractivity contribution in [3.63, 3.8) is 0 Å². The first-order valence-electron chi connectivity index (χ1n) is 9.14. The van der Waals surface area contributed by atoms with Crippen LogP contribution in [-0.4, -0.2) is 48.2 Å². The van der Waals surface area contributed by atoms with Gasteiger partial charge in [0.25, 0.3) is 0 Å². The number of tetrazole rings is 1. The summed E-state index contributed by atoms with van der Waals surface area (Å²) in [4.78, 5) is 4.92. The van der Waals surface area contributed by atoms with Crippen LogP contribution in [0.5, 0.6) is 0 Å². The van der Waals surface area contributed by atoms with Gasteiger partial charge in [-0.05, 0) is 36.1 Å². The molecule has 0 atom stereocenters. The van der Waals surface area contributed by atoms with Crippen molar-refractivity contribution in [1.29, 1.82) is 0 Å². The Labute approximate surface area is 141 Å². The molecule has 8 heteroatoms. The summed E-state index contributed by atoms with van der Waals surface area (Å²) >= 11 is 0. The van der Waals surface area contributed by atoms with Gasteiger partial charge in [-0.3, -0.25) is 0 Å². The number of nitrogens with zero attached hydrogens (tertiary/aromatic N) is 7. The van der Waals surface area contributed by atoms with E-state index in [1.165, 1.54) is 32.1 Å². The van der Waals surface area contributed by atoms with Gasteiger partial charge in [0, 0.05) is 25.6 Å². The van der Waals surface area contributed by atoms with Crippen LogP contribution in [0.1, 0.15) is 68.6 Å². The average Bonchev–Trinajstić information content (AvgIpc) is 3.31. The fourth-order valence-electron chi connectivity index (χ4n) is 3.79. The summed E-state index contributed by atoms with van der Waals surface area (Å²) < 4.78 is 9.46. The zero-order valence-corrected chi connectivity index (χ0v) is 14.0. The first-order valence-corrected chi connectivity index (χ1v) is 9.14. The highest BCUT2D eigenvalue weighted by Gasteiger charge is 2.25. The Morgan fingerprint density at radius 2 is 1.92 bits per heavy atom. The number of hydrogen-bond acceptors (Lipinski definition) is 6. The molecule has 2 fully saturated rings. The van der Waals surface area contributed by atoms with Gasteiger partial charge in [0.1, 0.15) is 12.2 Å². The van der Waals surface area contributed by atoms with E-state index in [1.807, 2.05) is 0 Å². The van der Waals surface area contributed by atoms with Crippen molar-refractivity contribution in [2.24, 2.45) is 0 Å². The summed E-state index contributed by atoms with van der Waals surface area (Å²) in [6, 6.07) is 0.503. The molecule has 1 aliphatic carbocycles. The minimum Gasteiger partial charge on any atom is -0.381 e. The maximum atomic E-state index is 5.48. The zero-order chi connectivity index (χ0) is 16.2. The van der Waals surface area contributed by atoms with E-state index in [9.17, 15) is 0 Å². The van der Waals surface area contributed by atoms with Crippen LogP contribution in [-0.2, 0) is 17.7 Å². The highest BCUT2D eigenvalue weighted by atomic mass is 16.5. The molecule has 0 unspecified atom stereocenters. The standard InChI is InChI=1S/C16H25N7O/c1-2-4-14(5-3-1)23-15(6-9-22-12-17-20-21-22)18-16(19-23)13-7-10-24-11-8-13/h12-14H,1-11H2. The zero-order valence-electron chi connectivity index (χ0n) is 14.0. The van der Waals surface area contributed by atoms with Crippen LogP contribution in [0.15, 0.2) is 6.33 Å². The largest absolute Gasteiger partial charge is 0.381 e. The monoisotopic (exact) mass is 331 g/mol. The van der Waals surface area contributed by atoms with Crippen LogP contribution >= 0.6 is 0 Å². The molecule has 0 radical (unpaired) electrons. The molecule has 1 saturated carbocycles. The van der Waals surface area contributed by atoms with E-state index in [0.29, 0.717) is 12.0 Å². The fourth-order valence-corrected chi connectivity index (χ4v) is 3.79. The van der Waals surface area contributed by atoms with Crippen molar-refractivity contribution in [1.82, 2.24) is 35.0 Å². The lowest BCUT2D eigenvalue weighted by molar-refractivity contribution is 0.0834. The Balaban J connectivity index is 1.54. The van der Waals surface area contributed by atoms with E-state index in [2.05, 4.69) is 20.2 Å². The average molecular weight is 331 g/mol. The molecule has 130 valence electrons. The van der Waals surface area contributed by atoms with Gasteiger partial charge in [-0.1, -0.05) is 19.3 Å². The summed E-state index contributed by atoms with van der Waals surface area (Å²) in [5, 5.41) is 16.3. The summed E-state index contributed by atoms with van der Waals surface area (Å²) in [5.41, 5.74) is 0. The van der Waals surface area contributed by atoms with Gasteiger partial charge in [0.15, 0.2) is 5.82 Å². The molecule has 2 aromatic heterocycles. The lowest BCUT2D eigenvalue weighted by Gasteiger charge is -2.23. The molecule has 0 amide bonds. The van der Waals surface area contributed by atoms with E-state index in [1.54, 1.807) is 11.0 Å². The summed E-state index contributed by atoms with van der Waals surface area (Å²) in [6.45, 7) is 2.39. The lowest BCUT2D eigenvalue weighted by atomic mass is 9.95. The molecule has 8 nitrogen and oxygen atoms in total. The van der Waals surface area contributed by atoms with Crippen molar-refractivity contribution < 1.29 is 4.74 Å². The molecule has 2 aromatic rings. The molecule has 24 heavy (non-hydrogen) atoms. The highest BCUT2D eigenvalue weighted by molar-refractivity contribution is 5.02. The van der Waals surface area contributed by atoms with Gasteiger partial charge in [0.2, 0.25) is 0 Å². The van der Waals surface area contributed by atoms with Crippen molar-refractivity contribution in [3.05, 3.63) is 18.0 Å². The Morgan fingerprint density at radius 1 is 1.08 bits per heavy atom. The third kappa shape index (κ3) is 3.48. The molecule has 3 heterocycles. The van der Waals surface area contributed by atoms with E-state index in [-0.39, 0.29) is 0 Å². The number of rotatable bonds is 5. The molecule has 2 aliphatic rings. The van der Waals surface area contributed by atoms with Crippen LogP contribution in [0.4, 0.5) is 0 Å². The Morgan fingerprint density at radius 3 is 2.67 bits per heavy atom. The molecule has 1 aliphatic heterocycles. The topological polar surface area (TPSA) is 83.5 Å². The molecule has 1 saturated heterocycles. The minimum absolute atomic E-state index is 0.440. The van der Waals surface area contributed by atoms with Crippen LogP contribution in [0.2, 0.25) is 0 Å². The van der Waals surface area contributed by atoms with Crippen LogP contribution in [0.3, 0.4) is 0 Å². The van der Waals surface area contributed by atoms with Crippen LogP contribution < -0.4 is 0 Å². The number of aromatic nitrogens is 7. The van der Waals surface area contributed by atoms with E-state index >= 15 is 0 Å². The van der Waals surface area contributed by atoms with Crippen molar-refractivity contribution in [2.75, 3.05) is 13.2 Å². The molecule has 0 bridgehead atoms. The normalized spacial score (nSPS) is 20.5. The van der Waals surface area contributed by atoms with Gasteiger partial charge in [-0.25, -0.2) is 14.3 Å². The van der Waals surface area contributed by atoms with E-state index < -0.39 is 0 Å². The Kier molecular flexibility index (Phi) is 4.82. The molecule has 0 N–H and O–H groups in total. The molecular formula is C16H25N7O. The second-order valence-electron chi connectivity index (χ2n) is 6.83. The quantitative estimate of drug-likeness (QED) is 0.832. The summed E-state index contributed by atoms with van der Waals surface area (Å²) in [7, 11) is 0. The molecule has 0 spiro atoms. The van der Waals surface area contributed by atoms with Crippen LogP contribution in [0.25, 0.3) is 0 Å². The summed E-state index contributed by atoms with van der Waals surface area (Å²) in [5.74, 6) is 2.53. The van der Waals surface area contributed by atoms with E-state index in [4.69, 9.17) is 14.8 Å². The number of ether oxygens (including phenoxy) is 1. The molecular weight excluding hydrogens is 306 g/mol. The number of hydrogen-bond donors (Lipinski definition) is 0. The smallest absolute Gasteiger partial charge is 0.154 e. The predicted octanol–water partition coefficient (Wildman–Crippen LogP) is 1.91. The first-order chi connectivity index (χ1) is 11.9. The van der Waals surface area contributed by atoms with Crippen molar-refractivity contribution in [3.8, 4) is 0 Å². The SMILES string of the molecule is c1nnnn1CCc1nc(C2CCOCC2)nn1C1CCCCC1. The Hall–Kier alpha value is -1.83. The van der Waals surface area contributed by atoms with Gasteiger partial charge in [0.05, 0.1) is 12.6 Å². The predicted molar refractivity (Wildman–Crippen MR) is 86.5 cm³/mol. The van der Waals surface area contributed by atoms with Crippen molar-refractivity contribution in [2.45, 2.75) is 69.9 Å². The fraction of sp³-hybridized carbons (Fsp3) is 0.812. The molecule has 4 rings (SSSR count). The highest BCUT2D eigenvalue weighted by Crippen LogP contribution is 2.31. The van der Waals surface area contributed by atoms with Gasteiger partial charge in [-0.2, -0.15) is 5.10 Å². The van der Waals surface area contributed by atoms with Crippen LogP contribution in [0, 0.1) is 0 Å². The van der Waals surface area contributed by atoms with Gasteiger partial charge < -0.3 is 4.74 Å².